The highest BCUT2D eigenvalue weighted by molar-refractivity contribution is 8.01. The van der Waals surface area contributed by atoms with Crippen LogP contribution in [0.1, 0.15) is 33.1 Å². The molecule has 1 aliphatic rings. The highest BCUT2D eigenvalue weighted by atomic mass is 32.2. The Hall–Kier alpha value is -1.15. The first-order chi connectivity index (χ1) is 9.65. The van der Waals surface area contributed by atoms with E-state index in [0.29, 0.717) is 23.8 Å². The minimum absolute atomic E-state index is 0.0158. The molecule has 2 rings (SSSR count). The molecule has 0 aliphatic heterocycles. The van der Waals surface area contributed by atoms with Crippen LogP contribution in [0.4, 0.5) is 5.13 Å². The second kappa shape index (κ2) is 7.03. The van der Waals surface area contributed by atoms with Gasteiger partial charge in [-0.2, -0.15) is 0 Å². The Morgan fingerprint density at radius 2 is 2.15 bits per heavy atom. The molecular formula is C12H18N4O2S2. The number of aromatic nitrogens is 2. The Bertz CT molecular complexity index is 488. The molecule has 1 heterocycles. The number of rotatable bonds is 7. The lowest BCUT2D eigenvalue weighted by atomic mass is 10.4. The molecule has 0 aromatic carbocycles. The van der Waals surface area contributed by atoms with Crippen LogP contribution in [0.25, 0.3) is 0 Å². The lowest BCUT2D eigenvalue weighted by molar-refractivity contribution is -0.119. The average molecular weight is 314 g/mol. The third kappa shape index (κ3) is 3.92. The van der Waals surface area contributed by atoms with Crippen LogP contribution in [0, 0.1) is 0 Å². The number of thioether (sulfide) groups is 1. The predicted octanol–water partition coefficient (Wildman–Crippen LogP) is 1.67. The first kappa shape index (κ1) is 15.2. The van der Waals surface area contributed by atoms with Crippen molar-refractivity contribution >= 4 is 40.0 Å². The Balaban J connectivity index is 1.96. The van der Waals surface area contributed by atoms with Crippen LogP contribution in [0.3, 0.4) is 0 Å². The maximum absolute atomic E-state index is 11.9. The predicted molar refractivity (Wildman–Crippen MR) is 80.1 cm³/mol. The van der Waals surface area contributed by atoms with Crippen molar-refractivity contribution in [2.24, 2.45) is 0 Å². The molecule has 1 aromatic heterocycles. The maximum Gasteiger partial charge on any atom is 0.230 e. The molecule has 110 valence electrons. The van der Waals surface area contributed by atoms with Gasteiger partial charge >= 0.3 is 0 Å². The monoisotopic (exact) mass is 314 g/mol. The molecule has 1 aromatic rings. The third-order valence-corrected chi connectivity index (χ3v) is 4.84. The minimum atomic E-state index is -0.0158. The van der Waals surface area contributed by atoms with Gasteiger partial charge in [-0.1, -0.05) is 30.0 Å². The van der Waals surface area contributed by atoms with Crippen molar-refractivity contribution in [3.8, 4) is 0 Å². The molecule has 1 saturated carbocycles. The average Bonchev–Trinajstić information content (AvgIpc) is 3.15. The van der Waals surface area contributed by atoms with Crippen molar-refractivity contribution in [3.05, 3.63) is 0 Å². The number of carbonyl (C=O) groups is 2. The van der Waals surface area contributed by atoms with Crippen molar-refractivity contribution < 1.29 is 9.59 Å². The van der Waals surface area contributed by atoms with E-state index in [-0.39, 0.29) is 17.9 Å². The molecule has 1 N–H and O–H groups in total. The van der Waals surface area contributed by atoms with Gasteiger partial charge in [0, 0.05) is 19.0 Å². The second-order valence-corrected chi connectivity index (χ2v) is 6.62. The smallest absolute Gasteiger partial charge is 0.230 e. The van der Waals surface area contributed by atoms with E-state index in [0.717, 1.165) is 17.2 Å². The van der Waals surface area contributed by atoms with Crippen LogP contribution in [0.15, 0.2) is 4.34 Å². The second-order valence-electron chi connectivity index (χ2n) is 4.44. The fourth-order valence-electron chi connectivity index (χ4n) is 1.70. The summed E-state index contributed by atoms with van der Waals surface area (Å²) in [6.07, 6.45) is 2.54. The molecule has 6 nitrogen and oxygen atoms in total. The Labute approximate surface area is 126 Å². The van der Waals surface area contributed by atoms with E-state index in [9.17, 15) is 9.59 Å². The number of carbonyl (C=O) groups excluding carboxylic acids is 2. The summed E-state index contributed by atoms with van der Waals surface area (Å²) in [4.78, 5) is 25.1. The van der Waals surface area contributed by atoms with E-state index < -0.39 is 0 Å². The van der Waals surface area contributed by atoms with E-state index >= 15 is 0 Å². The zero-order valence-corrected chi connectivity index (χ0v) is 13.2. The van der Waals surface area contributed by atoms with Gasteiger partial charge in [0.1, 0.15) is 0 Å². The van der Waals surface area contributed by atoms with E-state index in [1.165, 1.54) is 23.1 Å². The van der Waals surface area contributed by atoms with Crippen molar-refractivity contribution in [2.45, 2.75) is 43.5 Å². The lowest BCUT2D eigenvalue weighted by Crippen LogP contribution is -2.32. The summed E-state index contributed by atoms with van der Waals surface area (Å²) in [5, 5.41) is 11.5. The molecule has 0 radical (unpaired) electrons. The molecule has 0 unspecified atom stereocenters. The first-order valence-electron chi connectivity index (χ1n) is 6.70. The third-order valence-electron chi connectivity index (χ3n) is 2.79. The van der Waals surface area contributed by atoms with E-state index in [4.69, 9.17) is 0 Å². The van der Waals surface area contributed by atoms with Crippen molar-refractivity contribution in [3.63, 3.8) is 0 Å². The topological polar surface area (TPSA) is 75.2 Å². The van der Waals surface area contributed by atoms with Crippen LogP contribution in [-0.4, -0.2) is 40.4 Å². The van der Waals surface area contributed by atoms with Gasteiger partial charge in [0.25, 0.3) is 0 Å². The summed E-state index contributed by atoms with van der Waals surface area (Å²) in [6, 6.07) is 0.289. The summed E-state index contributed by atoms with van der Waals surface area (Å²) in [7, 11) is 0. The molecule has 0 spiro atoms. The highest BCUT2D eigenvalue weighted by Crippen LogP contribution is 2.36. The molecule has 0 atom stereocenters. The van der Waals surface area contributed by atoms with Gasteiger partial charge in [0.15, 0.2) is 4.34 Å². The van der Waals surface area contributed by atoms with Crippen LogP contribution in [0.5, 0.6) is 0 Å². The summed E-state index contributed by atoms with van der Waals surface area (Å²) in [5.74, 6) is 0.398. The molecular weight excluding hydrogens is 296 g/mol. The first-order valence-corrected chi connectivity index (χ1v) is 8.51. The summed E-state index contributed by atoms with van der Waals surface area (Å²) >= 11 is 2.73. The Kier molecular flexibility index (Phi) is 5.36. The number of amides is 2. The van der Waals surface area contributed by atoms with E-state index in [1.807, 2.05) is 13.8 Å². The van der Waals surface area contributed by atoms with Gasteiger partial charge in [-0.3, -0.25) is 14.5 Å². The molecule has 8 heteroatoms. The fraction of sp³-hybridized carbons (Fsp3) is 0.667. The number of anilines is 1. The van der Waals surface area contributed by atoms with Crippen molar-refractivity contribution in [1.29, 1.82) is 0 Å². The van der Waals surface area contributed by atoms with Crippen LogP contribution >= 0.6 is 23.1 Å². The van der Waals surface area contributed by atoms with Crippen LogP contribution in [-0.2, 0) is 9.59 Å². The van der Waals surface area contributed by atoms with E-state index in [2.05, 4.69) is 15.5 Å². The van der Waals surface area contributed by atoms with Crippen molar-refractivity contribution in [2.75, 3.05) is 17.2 Å². The van der Waals surface area contributed by atoms with E-state index in [1.54, 1.807) is 4.90 Å². The highest BCUT2D eigenvalue weighted by Gasteiger charge is 2.35. The summed E-state index contributed by atoms with van der Waals surface area (Å²) in [5.41, 5.74) is 0. The summed E-state index contributed by atoms with van der Waals surface area (Å²) in [6.45, 7) is 4.36. The normalized spacial score (nSPS) is 14.1. The molecule has 0 saturated heterocycles. The Morgan fingerprint density at radius 1 is 1.40 bits per heavy atom. The zero-order chi connectivity index (χ0) is 14.5. The molecule has 1 fully saturated rings. The number of nitrogens with one attached hydrogen (secondary N) is 1. The van der Waals surface area contributed by atoms with Gasteiger partial charge in [0.05, 0.1) is 5.75 Å². The molecule has 2 amide bonds. The minimum Gasteiger partial charge on any atom is -0.356 e. The molecule has 1 aliphatic carbocycles. The standard InChI is InChI=1S/C12H18N4O2S2/c1-3-10(18)16(8-5-6-8)11-14-15-12(20-11)19-7-9(17)13-4-2/h8H,3-7H2,1-2H3,(H,13,17). The van der Waals surface area contributed by atoms with Gasteiger partial charge in [-0.15, -0.1) is 10.2 Å². The van der Waals surface area contributed by atoms with Gasteiger partial charge in [0.2, 0.25) is 16.9 Å². The van der Waals surface area contributed by atoms with Gasteiger partial charge in [-0.05, 0) is 19.8 Å². The summed E-state index contributed by atoms with van der Waals surface area (Å²) < 4.78 is 0.723. The Morgan fingerprint density at radius 3 is 2.75 bits per heavy atom. The number of nitrogens with zero attached hydrogens (tertiary/aromatic N) is 3. The van der Waals surface area contributed by atoms with Gasteiger partial charge < -0.3 is 5.32 Å². The number of hydrogen-bond donors (Lipinski definition) is 1. The van der Waals surface area contributed by atoms with Crippen LogP contribution < -0.4 is 10.2 Å². The zero-order valence-electron chi connectivity index (χ0n) is 11.6. The lowest BCUT2D eigenvalue weighted by Gasteiger charge is -2.17. The molecule has 0 bridgehead atoms. The maximum atomic E-state index is 11.9. The van der Waals surface area contributed by atoms with Gasteiger partial charge in [-0.25, -0.2) is 0 Å². The SMILES string of the molecule is CCNC(=O)CSc1nnc(N(C(=O)CC)C2CC2)s1. The molecule has 20 heavy (non-hydrogen) atoms. The fourth-order valence-corrected chi connectivity index (χ4v) is 3.46. The van der Waals surface area contributed by atoms with Crippen molar-refractivity contribution in [1.82, 2.24) is 15.5 Å². The number of hydrogen-bond acceptors (Lipinski definition) is 6. The van der Waals surface area contributed by atoms with Crippen LogP contribution in [0.2, 0.25) is 0 Å². The quantitative estimate of drug-likeness (QED) is 0.612. The largest absolute Gasteiger partial charge is 0.356 e.